The van der Waals surface area contributed by atoms with Crippen LogP contribution in [0.5, 0.6) is 11.5 Å². The molecule has 0 aliphatic heterocycles. The van der Waals surface area contributed by atoms with Crippen LogP contribution in [0.15, 0.2) is 18.2 Å². The number of ether oxygens (including phenoxy) is 2. The number of hydrogen-bond donors (Lipinski definition) is 0. The van der Waals surface area contributed by atoms with Gasteiger partial charge in [0.2, 0.25) is 0 Å². The van der Waals surface area contributed by atoms with Gasteiger partial charge in [-0.1, -0.05) is 19.1 Å². The number of alkyl halides is 1. The average Bonchev–Trinajstić information content (AvgIpc) is 2.26. The van der Waals surface area contributed by atoms with E-state index in [9.17, 15) is 4.39 Å². The van der Waals surface area contributed by atoms with Crippen LogP contribution in [-0.2, 0) is 0 Å². The van der Waals surface area contributed by atoms with Gasteiger partial charge in [-0.25, -0.2) is 4.39 Å². The fraction of sp³-hybridized carbons (Fsp3) is 0.455. The summed E-state index contributed by atoms with van der Waals surface area (Å²) in [6.07, 6.45) is -0.566. The van der Waals surface area contributed by atoms with Crippen molar-refractivity contribution in [2.45, 2.75) is 19.5 Å². The highest BCUT2D eigenvalue weighted by Gasteiger charge is 2.16. The Kier molecular flexibility index (Phi) is 3.74. The average molecular weight is 198 g/mol. The first-order valence-electron chi connectivity index (χ1n) is 4.59. The molecule has 0 spiro atoms. The van der Waals surface area contributed by atoms with E-state index in [2.05, 4.69) is 0 Å². The van der Waals surface area contributed by atoms with E-state index in [1.807, 2.05) is 0 Å². The van der Waals surface area contributed by atoms with Gasteiger partial charge in [0.15, 0.2) is 11.5 Å². The van der Waals surface area contributed by atoms with E-state index in [0.717, 1.165) is 0 Å². The lowest BCUT2D eigenvalue weighted by molar-refractivity contribution is 0.305. The smallest absolute Gasteiger partial charge is 0.166 e. The Morgan fingerprint density at radius 3 is 2.50 bits per heavy atom. The highest BCUT2D eigenvalue weighted by atomic mass is 19.1. The van der Waals surface area contributed by atoms with Gasteiger partial charge in [-0.2, -0.15) is 0 Å². The van der Waals surface area contributed by atoms with Crippen LogP contribution in [0.1, 0.15) is 25.1 Å². The lowest BCUT2D eigenvalue weighted by Gasteiger charge is -2.14. The van der Waals surface area contributed by atoms with Crippen LogP contribution in [-0.4, -0.2) is 14.2 Å². The molecule has 2 nitrogen and oxygen atoms in total. The van der Waals surface area contributed by atoms with Crippen LogP contribution < -0.4 is 9.47 Å². The Labute approximate surface area is 83.6 Å². The minimum absolute atomic E-state index is 0.434. The van der Waals surface area contributed by atoms with Gasteiger partial charge in [0.1, 0.15) is 6.17 Å². The molecule has 1 aromatic rings. The van der Waals surface area contributed by atoms with Crippen LogP contribution in [0.25, 0.3) is 0 Å². The molecule has 0 saturated heterocycles. The molecule has 0 radical (unpaired) electrons. The summed E-state index contributed by atoms with van der Waals surface area (Å²) in [6, 6.07) is 5.24. The van der Waals surface area contributed by atoms with Crippen LogP contribution in [0, 0.1) is 0 Å². The summed E-state index contributed by atoms with van der Waals surface area (Å²) in [4.78, 5) is 0. The normalized spacial score (nSPS) is 12.3. The van der Waals surface area contributed by atoms with Crippen molar-refractivity contribution in [2.75, 3.05) is 14.2 Å². The third-order valence-electron chi connectivity index (χ3n) is 2.13. The quantitative estimate of drug-likeness (QED) is 0.740. The van der Waals surface area contributed by atoms with Crippen molar-refractivity contribution >= 4 is 0 Å². The first kappa shape index (κ1) is 10.8. The van der Waals surface area contributed by atoms with Crippen LogP contribution in [0.2, 0.25) is 0 Å². The highest BCUT2D eigenvalue weighted by molar-refractivity contribution is 5.47. The number of methoxy groups -OCH3 is 2. The molecule has 3 heteroatoms. The number of rotatable bonds is 4. The van der Waals surface area contributed by atoms with Crippen LogP contribution in [0.4, 0.5) is 4.39 Å². The minimum Gasteiger partial charge on any atom is -0.493 e. The first-order chi connectivity index (χ1) is 6.74. The maximum Gasteiger partial charge on any atom is 0.166 e. The number of halogens is 1. The van der Waals surface area contributed by atoms with Gasteiger partial charge in [0.05, 0.1) is 14.2 Å². The Hall–Kier alpha value is -1.25. The van der Waals surface area contributed by atoms with E-state index < -0.39 is 6.17 Å². The molecule has 0 aromatic heterocycles. The second-order valence-corrected chi connectivity index (χ2v) is 2.96. The number of para-hydroxylation sites is 1. The van der Waals surface area contributed by atoms with Crippen molar-refractivity contribution in [1.29, 1.82) is 0 Å². The third kappa shape index (κ3) is 1.97. The van der Waals surface area contributed by atoms with E-state index in [0.29, 0.717) is 23.5 Å². The predicted molar refractivity (Wildman–Crippen MR) is 53.7 cm³/mol. The van der Waals surface area contributed by atoms with Gasteiger partial charge in [-0.05, 0) is 12.5 Å². The third-order valence-corrected chi connectivity index (χ3v) is 2.13. The van der Waals surface area contributed by atoms with Gasteiger partial charge >= 0.3 is 0 Å². The molecule has 14 heavy (non-hydrogen) atoms. The molecule has 1 rings (SSSR count). The highest BCUT2D eigenvalue weighted by Crippen LogP contribution is 2.36. The van der Waals surface area contributed by atoms with Crippen molar-refractivity contribution in [3.8, 4) is 11.5 Å². The molecule has 1 atom stereocenters. The first-order valence-corrected chi connectivity index (χ1v) is 4.59. The molecule has 1 aromatic carbocycles. The fourth-order valence-electron chi connectivity index (χ4n) is 1.38. The summed E-state index contributed by atoms with van der Waals surface area (Å²) in [5.74, 6) is 1.06. The second kappa shape index (κ2) is 4.84. The largest absolute Gasteiger partial charge is 0.493 e. The van der Waals surface area contributed by atoms with Crippen molar-refractivity contribution in [1.82, 2.24) is 0 Å². The molecule has 1 unspecified atom stereocenters. The maximum absolute atomic E-state index is 13.5. The van der Waals surface area contributed by atoms with Gasteiger partial charge in [0, 0.05) is 5.56 Å². The monoisotopic (exact) mass is 198 g/mol. The van der Waals surface area contributed by atoms with E-state index in [-0.39, 0.29) is 0 Å². The van der Waals surface area contributed by atoms with Gasteiger partial charge in [0.25, 0.3) is 0 Å². The van der Waals surface area contributed by atoms with Crippen molar-refractivity contribution < 1.29 is 13.9 Å². The zero-order chi connectivity index (χ0) is 10.6. The maximum atomic E-state index is 13.5. The van der Waals surface area contributed by atoms with E-state index in [4.69, 9.17) is 9.47 Å². The molecule has 78 valence electrons. The SMILES string of the molecule is CCC(F)c1cccc(OC)c1OC. The van der Waals surface area contributed by atoms with Crippen molar-refractivity contribution in [2.24, 2.45) is 0 Å². The summed E-state index contributed by atoms with van der Waals surface area (Å²) >= 11 is 0. The summed E-state index contributed by atoms with van der Waals surface area (Å²) in [6.45, 7) is 1.80. The molecule has 0 fully saturated rings. The van der Waals surface area contributed by atoms with E-state index in [1.165, 1.54) is 7.11 Å². The topological polar surface area (TPSA) is 18.5 Å². The van der Waals surface area contributed by atoms with Gasteiger partial charge in [-0.15, -0.1) is 0 Å². The zero-order valence-corrected chi connectivity index (χ0v) is 8.71. The van der Waals surface area contributed by atoms with Crippen molar-refractivity contribution in [3.63, 3.8) is 0 Å². The summed E-state index contributed by atoms with van der Waals surface area (Å²) < 4.78 is 23.7. The number of hydrogen-bond acceptors (Lipinski definition) is 2. The van der Waals surface area contributed by atoms with Crippen LogP contribution in [0.3, 0.4) is 0 Å². The second-order valence-electron chi connectivity index (χ2n) is 2.96. The van der Waals surface area contributed by atoms with Crippen molar-refractivity contribution in [3.05, 3.63) is 23.8 Å². The Balaban J connectivity index is 3.14. The van der Waals surface area contributed by atoms with Gasteiger partial charge < -0.3 is 9.47 Å². The van der Waals surface area contributed by atoms with E-state index >= 15 is 0 Å². The molecular formula is C11H15FO2. The Morgan fingerprint density at radius 1 is 1.29 bits per heavy atom. The van der Waals surface area contributed by atoms with Crippen LogP contribution >= 0.6 is 0 Å². The predicted octanol–water partition coefficient (Wildman–Crippen LogP) is 3.12. The lowest BCUT2D eigenvalue weighted by atomic mass is 10.1. The Bertz CT molecular complexity index is 299. The molecule has 0 N–H and O–H groups in total. The lowest BCUT2D eigenvalue weighted by Crippen LogP contribution is -1.98. The molecule has 0 saturated carbocycles. The fourth-order valence-corrected chi connectivity index (χ4v) is 1.38. The standard InChI is InChI=1S/C11H15FO2/c1-4-9(12)8-6-5-7-10(13-2)11(8)14-3/h5-7,9H,4H2,1-3H3. The van der Waals surface area contributed by atoms with E-state index in [1.54, 1.807) is 32.2 Å². The number of benzene rings is 1. The molecule has 0 aliphatic carbocycles. The molecule has 0 bridgehead atoms. The molecular weight excluding hydrogens is 183 g/mol. The molecule has 0 amide bonds. The summed E-state index contributed by atoms with van der Waals surface area (Å²) in [7, 11) is 3.06. The summed E-state index contributed by atoms with van der Waals surface area (Å²) in [5, 5.41) is 0. The molecule has 0 aliphatic rings. The minimum atomic E-state index is -1.000. The summed E-state index contributed by atoms with van der Waals surface area (Å²) in [5.41, 5.74) is 0.550. The van der Waals surface area contributed by atoms with Gasteiger partial charge in [-0.3, -0.25) is 0 Å². The molecule has 0 heterocycles. The Morgan fingerprint density at radius 2 is 2.00 bits per heavy atom. The zero-order valence-electron chi connectivity index (χ0n) is 8.71.